The van der Waals surface area contributed by atoms with Crippen molar-refractivity contribution < 1.29 is 37.4 Å². The number of aliphatic carboxylic acids is 1. The van der Waals surface area contributed by atoms with Crippen LogP contribution in [0.1, 0.15) is 47.8 Å². The Bertz CT molecular complexity index is 1220. The van der Waals surface area contributed by atoms with Gasteiger partial charge in [-0.15, -0.1) is 0 Å². The molecule has 0 amide bonds. The topological polar surface area (TPSA) is 79.5 Å². The lowest BCUT2D eigenvalue weighted by molar-refractivity contribution is -0.140. The second kappa shape index (κ2) is 8.05. The van der Waals surface area contributed by atoms with E-state index in [2.05, 4.69) is 0 Å². The first kappa shape index (κ1) is 22.3. The van der Waals surface area contributed by atoms with Gasteiger partial charge in [-0.3, -0.25) is 14.2 Å². The highest BCUT2D eigenvalue weighted by Gasteiger charge is 2.35. The van der Waals surface area contributed by atoms with E-state index >= 15 is 0 Å². The number of carboxylic acid groups (broad SMARTS) is 1. The molecule has 0 aliphatic rings. The van der Waals surface area contributed by atoms with Crippen LogP contribution in [-0.4, -0.2) is 26.7 Å². The van der Waals surface area contributed by atoms with E-state index in [0.717, 1.165) is 16.7 Å². The SMILES string of the molecule is CC[C@H](C)C(C(=O)O)c1c(C)n(C(=O)c2ccc(F)c(F)c2)c2cc(F)c(O)c(F)c12. The second-order valence-electron chi connectivity index (χ2n) is 7.39. The molecule has 0 fully saturated rings. The summed E-state index contributed by atoms with van der Waals surface area (Å²) in [5.41, 5.74) is -0.749. The number of carboxylic acids is 1. The molecule has 0 aliphatic carbocycles. The first-order valence-electron chi connectivity index (χ1n) is 9.45. The number of aromatic nitrogens is 1. The minimum absolute atomic E-state index is 0.0127. The second-order valence-corrected chi connectivity index (χ2v) is 7.39. The number of hydrogen-bond donors (Lipinski definition) is 2. The Morgan fingerprint density at radius 3 is 2.26 bits per heavy atom. The first-order valence-corrected chi connectivity index (χ1v) is 9.45. The van der Waals surface area contributed by atoms with Gasteiger partial charge in [0.2, 0.25) is 0 Å². The quantitative estimate of drug-likeness (QED) is 0.544. The number of hydrogen-bond acceptors (Lipinski definition) is 3. The number of carbonyl (C=O) groups is 2. The summed E-state index contributed by atoms with van der Waals surface area (Å²) in [5.74, 6) is -10.5. The summed E-state index contributed by atoms with van der Waals surface area (Å²) in [7, 11) is 0. The maximum atomic E-state index is 15.0. The number of aromatic hydroxyl groups is 1. The van der Waals surface area contributed by atoms with Crippen molar-refractivity contribution in [2.24, 2.45) is 5.92 Å². The zero-order valence-corrected chi connectivity index (χ0v) is 16.8. The summed E-state index contributed by atoms with van der Waals surface area (Å²) in [6.07, 6.45) is 0.398. The van der Waals surface area contributed by atoms with E-state index in [0.29, 0.717) is 18.6 Å². The van der Waals surface area contributed by atoms with Crippen molar-refractivity contribution in [3.05, 3.63) is 64.4 Å². The molecule has 0 radical (unpaired) electrons. The van der Waals surface area contributed by atoms with Crippen LogP contribution in [0.2, 0.25) is 0 Å². The molecule has 164 valence electrons. The maximum absolute atomic E-state index is 15.0. The third kappa shape index (κ3) is 3.54. The number of phenolic OH excluding ortho intramolecular Hbond substituents is 1. The van der Waals surface area contributed by atoms with Crippen LogP contribution in [0, 0.1) is 36.1 Å². The lowest BCUT2D eigenvalue weighted by Crippen LogP contribution is -2.21. The smallest absolute Gasteiger partial charge is 0.311 e. The van der Waals surface area contributed by atoms with Crippen molar-refractivity contribution in [1.82, 2.24) is 4.57 Å². The monoisotopic (exact) mass is 437 g/mol. The Kier molecular flexibility index (Phi) is 5.80. The van der Waals surface area contributed by atoms with Crippen LogP contribution in [0.5, 0.6) is 5.75 Å². The largest absolute Gasteiger partial charge is 0.503 e. The maximum Gasteiger partial charge on any atom is 0.311 e. The molecule has 3 rings (SSSR count). The fraction of sp³-hybridized carbons (Fsp3) is 0.273. The minimum Gasteiger partial charge on any atom is -0.503 e. The summed E-state index contributed by atoms with van der Waals surface area (Å²) in [6.45, 7) is 4.70. The van der Waals surface area contributed by atoms with Crippen LogP contribution in [0.4, 0.5) is 17.6 Å². The van der Waals surface area contributed by atoms with Gasteiger partial charge < -0.3 is 10.2 Å². The average molecular weight is 437 g/mol. The number of fused-ring (bicyclic) bond motifs is 1. The molecule has 2 atom stereocenters. The normalized spacial score (nSPS) is 13.4. The number of benzene rings is 2. The lowest BCUT2D eigenvalue weighted by atomic mass is 9.84. The minimum atomic E-state index is -1.40. The number of halogens is 4. The summed E-state index contributed by atoms with van der Waals surface area (Å²) in [4.78, 5) is 25.2. The van der Waals surface area contributed by atoms with Crippen LogP contribution in [0.3, 0.4) is 0 Å². The number of rotatable bonds is 5. The summed E-state index contributed by atoms with van der Waals surface area (Å²) in [6, 6.07) is 3.08. The highest BCUT2D eigenvalue weighted by atomic mass is 19.2. The molecule has 9 heteroatoms. The summed E-state index contributed by atoms with van der Waals surface area (Å²) in [5, 5.41) is 19.2. The number of phenols is 1. The van der Waals surface area contributed by atoms with Gasteiger partial charge in [0.25, 0.3) is 5.91 Å². The van der Waals surface area contributed by atoms with E-state index in [-0.39, 0.29) is 22.3 Å². The molecule has 31 heavy (non-hydrogen) atoms. The van der Waals surface area contributed by atoms with Crippen LogP contribution in [0.15, 0.2) is 24.3 Å². The molecule has 0 saturated heterocycles. The van der Waals surface area contributed by atoms with Crippen molar-refractivity contribution in [2.45, 2.75) is 33.1 Å². The van der Waals surface area contributed by atoms with Crippen molar-refractivity contribution in [3.63, 3.8) is 0 Å². The Morgan fingerprint density at radius 1 is 1.06 bits per heavy atom. The van der Waals surface area contributed by atoms with Gasteiger partial charge in [-0.05, 0) is 36.6 Å². The first-order chi connectivity index (χ1) is 14.5. The summed E-state index contributed by atoms with van der Waals surface area (Å²) < 4.78 is 56.9. The fourth-order valence-electron chi connectivity index (χ4n) is 3.80. The molecular formula is C22H19F4NO4. The van der Waals surface area contributed by atoms with Crippen molar-refractivity contribution >= 4 is 22.8 Å². The molecule has 5 nitrogen and oxygen atoms in total. The molecule has 0 bridgehead atoms. The zero-order valence-electron chi connectivity index (χ0n) is 16.8. The molecule has 3 aromatic rings. The highest BCUT2D eigenvalue weighted by molar-refractivity contribution is 6.05. The van der Waals surface area contributed by atoms with Gasteiger partial charge in [-0.25, -0.2) is 17.6 Å². The zero-order chi connectivity index (χ0) is 23.2. The molecule has 0 spiro atoms. The Labute approximate surface area is 174 Å². The predicted octanol–water partition coefficient (Wildman–Crippen LogP) is 5.11. The van der Waals surface area contributed by atoms with Gasteiger partial charge in [0.1, 0.15) is 0 Å². The molecule has 2 N–H and O–H groups in total. The molecule has 0 aliphatic heterocycles. The Balaban J connectivity index is 2.42. The molecule has 1 unspecified atom stereocenters. The average Bonchev–Trinajstić information content (AvgIpc) is 2.99. The van der Waals surface area contributed by atoms with E-state index in [9.17, 15) is 37.4 Å². The number of nitrogens with zero attached hydrogens (tertiary/aromatic N) is 1. The van der Waals surface area contributed by atoms with E-state index < -0.39 is 58.1 Å². The van der Waals surface area contributed by atoms with Gasteiger partial charge in [0, 0.05) is 22.7 Å². The van der Waals surface area contributed by atoms with Crippen molar-refractivity contribution in [3.8, 4) is 5.75 Å². The van der Waals surface area contributed by atoms with Crippen LogP contribution < -0.4 is 0 Å². The third-order valence-electron chi connectivity index (χ3n) is 5.57. The molecule has 2 aromatic carbocycles. The predicted molar refractivity (Wildman–Crippen MR) is 104 cm³/mol. The third-order valence-corrected chi connectivity index (χ3v) is 5.57. The van der Waals surface area contributed by atoms with Gasteiger partial charge >= 0.3 is 5.97 Å². The molecular weight excluding hydrogens is 418 g/mol. The fourth-order valence-corrected chi connectivity index (χ4v) is 3.80. The molecule has 1 heterocycles. The van der Waals surface area contributed by atoms with Crippen molar-refractivity contribution in [1.29, 1.82) is 0 Å². The Morgan fingerprint density at radius 2 is 1.71 bits per heavy atom. The Hall–Kier alpha value is -3.36. The van der Waals surface area contributed by atoms with Gasteiger partial charge in [0.05, 0.1) is 11.4 Å². The molecule has 0 saturated carbocycles. The number of carbonyl (C=O) groups excluding carboxylic acids is 1. The van der Waals surface area contributed by atoms with Crippen LogP contribution >= 0.6 is 0 Å². The van der Waals surface area contributed by atoms with E-state index in [4.69, 9.17) is 0 Å². The lowest BCUT2D eigenvalue weighted by Gasteiger charge is -2.20. The van der Waals surface area contributed by atoms with Crippen molar-refractivity contribution in [2.75, 3.05) is 0 Å². The molecule has 1 aromatic heterocycles. The van der Waals surface area contributed by atoms with Gasteiger partial charge in [-0.2, -0.15) is 0 Å². The standard InChI is InChI=1S/C22H19F4NO4/c1-4-9(2)16(22(30)31)17-10(3)27(15-8-14(25)20(28)19(26)18(15)17)21(29)11-5-6-12(23)13(24)7-11/h5-9,16,28H,4H2,1-3H3,(H,30,31)/t9-,16?/m0/s1. The van der Waals surface area contributed by atoms with E-state index in [1.54, 1.807) is 13.8 Å². The van der Waals surface area contributed by atoms with Gasteiger partial charge in [0.15, 0.2) is 29.0 Å². The van der Waals surface area contributed by atoms with Crippen LogP contribution in [0.25, 0.3) is 10.9 Å². The summed E-state index contributed by atoms with van der Waals surface area (Å²) >= 11 is 0. The highest BCUT2D eigenvalue weighted by Crippen LogP contribution is 2.41. The van der Waals surface area contributed by atoms with Gasteiger partial charge in [-0.1, -0.05) is 20.3 Å². The van der Waals surface area contributed by atoms with E-state index in [1.807, 2.05) is 0 Å². The van der Waals surface area contributed by atoms with Crippen LogP contribution in [-0.2, 0) is 4.79 Å². The van der Waals surface area contributed by atoms with E-state index in [1.165, 1.54) is 6.92 Å².